The minimum Gasteiger partial charge on any atom is -0.394 e. The van der Waals surface area contributed by atoms with Gasteiger partial charge in [-0.05, 0) is 37.0 Å². The lowest BCUT2D eigenvalue weighted by molar-refractivity contribution is -0.127. The van der Waals surface area contributed by atoms with E-state index in [4.69, 9.17) is 0 Å². The first kappa shape index (κ1) is 15.0. The molecular weight excluding hydrogens is 257 g/mol. The molecule has 0 heterocycles. The summed E-state index contributed by atoms with van der Waals surface area (Å²) in [6.45, 7) is 1.85. The first-order valence-corrected chi connectivity index (χ1v) is 7.30. The van der Waals surface area contributed by atoms with Gasteiger partial charge in [0, 0.05) is 0 Å². The van der Waals surface area contributed by atoms with Gasteiger partial charge < -0.3 is 10.4 Å². The Kier molecular flexibility index (Phi) is 4.76. The number of amides is 1. The lowest BCUT2D eigenvalue weighted by atomic mass is 9.77. The quantitative estimate of drug-likeness (QED) is 0.870. The van der Waals surface area contributed by atoms with E-state index in [1.165, 1.54) is 12.1 Å². The molecule has 0 bridgehead atoms. The maximum absolute atomic E-state index is 13.5. The highest BCUT2D eigenvalue weighted by atomic mass is 19.1. The first-order chi connectivity index (χ1) is 9.62. The summed E-state index contributed by atoms with van der Waals surface area (Å²) in [5, 5.41) is 12.1. The Morgan fingerprint density at radius 1 is 1.45 bits per heavy atom. The number of hydrogen-bond donors (Lipinski definition) is 2. The van der Waals surface area contributed by atoms with E-state index in [1.807, 2.05) is 13.0 Å². The van der Waals surface area contributed by atoms with Gasteiger partial charge in [-0.3, -0.25) is 4.79 Å². The normalized spacial score (nSPS) is 18.8. The summed E-state index contributed by atoms with van der Waals surface area (Å²) in [5.74, 6) is -0.391. The zero-order chi connectivity index (χ0) is 14.6. The Morgan fingerprint density at radius 2 is 2.15 bits per heavy atom. The predicted octanol–water partition coefficient (Wildman–Crippen LogP) is 2.52. The second-order valence-electron chi connectivity index (χ2n) is 5.56. The van der Waals surface area contributed by atoms with Crippen molar-refractivity contribution in [2.45, 2.75) is 50.5 Å². The van der Waals surface area contributed by atoms with Gasteiger partial charge in [0.2, 0.25) is 5.91 Å². The summed E-state index contributed by atoms with van der Waals surface area (Å²) < 4.78 is 13.5. The van der Waals surface area contributed by atoms with Crippen LogP contribution in [0.25, 0.3) is 0 Å². The summed E-state index contributed by atoms with van der Waals surface area (Å²) >= 11 is 0. The number of aliphatic hydroxyl groups excluding tert-OH is 1. The van der Waals surface area contributed by atoms with Crippen LogP contribution in [0.1, 0.15) is 44.6 Å². The maximum Gasteiger partial charge on any atom is 0.230 e. The second-order valence-corrected chi connectivity index (χ2v) is 5.56. The standard InChI is InChI=1S/C16H22FNO2/c1-2-14(11-19)18-15(20)16(8-3-4-9-16)12-6-5-7-13(17)10-12/h5-7,10,14,19H,2-4,8-9,11H2,1H3,(H,18,20). The molecule has 1 unspecified atom stereocenters. The van der Waals surface area contributed by atoms with Crippen molar-refractivity contribution in [2.24, 2.45) is 0 Å². The number of carbonyl (C=O) groups excluding carboxylic acids is 1. The Bertz CT molecular complexity index is 465. The van der Waals surface area contributed by atoms with Gasteiger partial charge in [-0.2, -0.15) is 0 Å². The molecular formula is C16H22FNO2. The van der Waals surface area contributed by atoms with Crippen LogP contribution in [0, 0.1) is 5.82 Å². The van der Waals surface area contributed by atoms with Gasteiger partial charge in [0.15, 0.2) is 0 Å². The lowest BCUT2D eigenvalue weighted by Crippen LogP contribution is -2.48. The van der Waals surface area contributed by atoms with Gasteiger partial charge in [0.1, 0.15) is 5.82 Å². The van der Waals surface area contributed by atoms with E-state index in [1.54, 1.807) is 6.07 Å². The largest absolute Gasteiger partial charge is 0.394 e. The lowest BCUT2D eigenvalue weighted by Gasteiger charge is -2.30. The Hall–Kier alpha value is -1.42. The molecule has 3 nitrogen and oxygen atoms in total. The van der Waals surface area contributed by atoms with Gasteiger partial charge in [0.05, 0.1) is 18.1 Å². The SMILES string of the molecule is CCC(CO)NC(=O)C1(c2cccc(F)c2)CCCC1. The Labute approximate surface area is 119 Å². The molecule has 1 aromatic carbocycles. The number of halogens is 1. The average molecular weight is 279 g/mol. The van der Waals surface area contributed by atoms with Crippen LogP contribution in [-0.4, -0.2) is 23.7 Å². The third-order valence-electron chi connectivity index (χ3n) is 4.32. The molecule has 2 N–H and O–H groups in total. The van der Waals surface area contributed by atoms with Crippen LogP contribution in [0.3, 0.4) is 0 Å². The van der Waals surface area contributed by atoms with E-state index in [0.29, 0.717) is 6.42 Å². The maximum atomic E-state index is 13.5. The average Bonchev–Trinajstić information content (AvgIpc) is 2.95. The number of nitrogens with one attached hydrogen (secondary N) is 1. The van der Waals surface area contributed by atoms with Gasteiger partial charge in [-0.15, -0.1) is 0 Å². The van der Waals surface area contributed by atoms with Crippen molar-refractivity contribution in [1.29, 1.82) is 0 Å². The third-order valence-corrected chi connectivity index (χ3v) is 4.32. The molecule has 2 rings (SSSR count). The van der Waals surface area contributed by atoms with Crippen molar-refractivity contribution >= 4 is 5.91 Å². The molecule has 20 heavy (non-hydrogen) atoms. The fourth-order valence-electron chi connectivity index (χ4n) is 3.01. The van der Waals surface area contributed by atoms with Crippen molar-refractivity contribution in [3.8, 4) is 0 Å². The van der Waals surface area contributed by atoms with Crippen molar-refractivity contribution in [3.63, 3.8) is 0 Å². The topological polar surface area (TPSA) is 49.3 Å². The van der Waals surface area contributed by atoms with Crippen molar-refractivity contribution in [3.05, 3.63) is 35.6 Å². The molecule has 1 aliphatic rings. The van der Waals surface area contributed by atoms with Crippen molar-refractivity contribution in [1.82, 2.24) is 5.32 Å². The van der Waals surface area contributed by atoms with Crippen LogP contribution in [0.15, 0.2) is 24.3 Å². The van der Waals surface area contributed by atoms with Crippen molar-refractivity contribution < 1.29 is 14.3 Å². The highest BCUT2D eigenvalue weighted by Crippen LogP contribution is 2.41. The molecule has 0 radical (unpaired) electrons. The Balaban J connectivity index is 2.28. The number of carbonyl (C=O) groups is 1. The highest BCUT2D eigenvalue weighted by molar-refractivity contribution is 5.88. The van der Waals surface area contributed by atoms with E-state index in [0.717, 1.165) is 31.2 Å². The van der Waals surface area contributed by atoms with Gasteiger partial charge in [-0.25, -0.2) is 4.39 Å². The minimum atomic E-state index is -0.634. The predicted molar refractivity (Wildman–Crippen MR) is 75.9 cm³/mol. The molecule has 1 aliphatic carbocycles. The molecule has 110 valence electrons. The molecule has 4 heteroatoms. The van der Waals surface area contributed by atoms with E-state index < -0.39 is 5.41 Å². The molecule has 0 spiro atoms. The monoisotopic (exact) mass is 279 g/mol. The fraction of sp³-hybridized carbons (Fsp3) is 0.562. The number of rotatable bonds is 5. The molecule has 1 atom stereocenters. The van der Waals surface area contributed by atoms with Crippen LogP contribution in [0.4, 0.5) is 4.39 Å². The van der Waals surface area contributed by atoms with Crippen LogP contribution in [-0.2, 0) is 10.2 Å². The zero-order valence-electron chi connectivity index (χ0n) is 11.9. The summed E-state index contributed by atoms with van der Waals surface area (Å²) in [6, 6.07) is 6.11. The molecule has 0 aromatic heterocycles. The molecule has 0 saturated heterocycles. The number of benzene rings is 1. The van der Waals surface area contributed by atoms with Gasteiger partial charge in [0.25, 0.3) is 0 Å². The summed E-state index contributed by atoms with van der Waals surface area (Å²) in [5.41, 5.74) is 0.116. The van der Waals surface area contributed by atoms with Crippen molar-refractivity contribution in [2.75, 3.05) is 6.61 Å². The van der Waals surface area contributed by atoms with Gasteiger partial charge >= 0.3 is 0 Å². The molecule has 0 aliphatic heterocycles. The zero-order valence-corrected chi connectivity index (χ0v) is 11.9. The third kappa shape index (κ3) is 2.85. The van der Waals surface area contributed by atoms with E-state index in [9.17, 15) is 14.3 Å². The van der Waals surface area contributed by atoms with E-state index in [-0.39, 0.29) is 24.4 Å². The van der Waals surface area contributed by atoms with E-state index >= 15 is 0 Å². The van der Waals surface area contributed by atoms with Crippen LogP contribution in [0.5, 0.6) is 0 Å². The smallest absolute Gasteiger partial charge is 0.230 e. The Morgan fingerprint density at radius 3 is 2.70 bits per heavy atom. The van der Waals surface area contributed by atoms with Crippen LogP contribution in [0.2, 0.25) is 0 Å². The molecule has 1 fully saturated rings. The van der Waals surface area contributed by atoms with E-state index in [2.05, 4.69) is 5.32 Å². The fourth-order valence-corrected chi connectivity index (χ4v) is 3.01. The number of hydrogen-bond acceptors (Lipinski definition) is 2. The molecule has 1 saturated carbocycles. The molecule has 1 amide bonds. The van der Waals surface area contributed by atoms with Crippen LogP contribution >= 0.6 is 0 Å². The summed E-state index contributed by atoms with van der Waals surface area (Å²) in [4.78, 5) is 12.7. The summed E-state index contributed by atoms with van der Waals surface area (Å²) in [7, 11) is 0. The first-order valence-electron chi connectivity index (χ1n) is 7.30. The summed E-state index contributed by atoms with van der Waals surface area (Å²) in [6.07, 6.45) is 4.11. The highest BCUT2D eigenvalue weighted by Gasteiger charge is 2.43. The molecule has 1 aromatic rings. The van der Waals surface area contributed by atoms with Gasteiger partial charge in [-0.1, -0.05) is 31.9 Å². The minimum absolute atomic E-state index is 0.0680. The number of aliphatic hydroxyl groups is 1. The second kappa shape index (κ2) is 6.35. The van der Waals surface area contributed by atoms with Crippen LogP contribution < -0.4 is 5.32 Å².